The Bertz CT molecular complexity index is 158. The van der Waals surface area contributed by atoms with Crippen molar-refractivity contribution in [3.8, 4) is 0 Å². The molecule has 0 aliphatic carbocycles. The van der Waals surface area contributed by atoms with Crippen LogP contribution in [0.25, 0.3) is 0 Å². The van der Waals surface area contributed by atoms with Crippen molar-refractivity contribution in [3.05, 3.63) is 0 Å². The van der Waals surface area contributed by atoms with Crippen molar-refractivity contribution in [2.75, 3.05) is 26.4 Å². The number of rotatable bonds is 7. The van der Waals surface area contributed by atoms with Gasteiger partial charge < -0.3 is 19.9 Å². The Labute approximate surface area is 92.0 Å². The second-order valence-corrected chi connectivity index (χ2v) is 4.35. The third-order valence-electron chi connectivity index (χ3n) is 2.50. The van der Waals surface area contributed by atoms with E-state index in [9.17, 15) is 0 Å². The standard InChI is InChI=1S/C11H23NO3/c1-9(2)12-10(7-13)3-6-15-11-4-5-14-8-11/h9-13H,3-8H2,1-2H3. The van der Waals surface area contributed by atoms with E-state index < -0.39 is 0 Å². The molecule has 0 aromatic carbocycles. The van der Waals surface area contributed by atoms with Gasteiger partial charge in [-0.3, -0.25) is 0 Å². The van der Waals surface area contributed by atoms with Crippen LogP contribution in [0, 0.1) is 0 Å². The molecule has 0 saturated carbocycles. The summed E-state index contributed by atoms with van der Waals surface area (Å²) in [5.41, 5.74) is 0. The van der Waals surface area contributed by atoms with E-state index in [1.165, 1.54) is 0 Å². The highest BCUT2D eigenvalue weighted by molar-refractivity contribution is 4.69. The molecule has 15 heavy (non-hydrogen) atoms. The lowest BCUT2D eigenvalue weighted by atomic mass is 10.2. The van der Waals surface area contributed by atoms with Crippen molar-refractivity contribution < 1.29 is 14.6 Å². The van der Waals surface area contributed by atoms with E-state index in [-0.39, 0.29) is 18.8 Å². The molecule has 2 N–H and O–H groups in total. The molecule has 4 heteroatoms. The highest BCUT2D eigenvalue weighted by Crippen LogP contribution is 2.08. The molecular formula is C11H23NO3. The monoisotopic (exact) mass is 217 g/mol. The minimum atomic E-state index is 0.146. The summed E-state index contributed by atoms with van der Waals surface area (Å²) in [5, 5.41) is 12.4. The van der Waals surface area contributed by atoms with Crippen molar-refractivity contribution in [3.63, 3.8) is 0 Å². The summed E-state index contributed by atoms with van der Waals surface area (Å²) in [6.07, 6.45) is 2.12. The van der Waals surface area contributed by atoms with Crippen molar-refractivity contribution in [1.82, 2.24) is 5.32 Å². The molecule has 1 rings (SSSR count). The molecule has 1 aliphatic heterocycles. The van der Waals surface area contributed by atoms with Gasteiger partial charge >= 0.3 is 0 Å². The lowest BCUT2D eigenvalue weighted by Crippen LogP contribution is -2.38. The molecule has 0 aromatic rings. The molecule has 90 valence electrons. The first-order chi connectivity index (χ1) is 7.22. The zero-order valence-corrected chi connectivity index (χ0v) is 9.74. The fraction of sp³-hybridized carbons (Fsp3) is 1.00. The molecule has 0 radical (unpaired) electrons. The van der Waals surface area contributed by atoms with Gasteiger partial charge in [-0.1, -0.05) is 13.8 Å². The first-order valence-corrected chi connectivity index (χ1v) is 5.78. The number of aliphatic hydroxyl groups is 1. The molecule has 2 unspecified atom stereocenters. The van der Waals surface area contributed by atoms with Gasteiger partial charge in [0, 0.05) is 25.3 Å². The Morgan fingerprint density at radius 2 is 2.33 bits per heavy atom. The third-order valence-corrected chi connectivity index (χ3v) is 2.50. The number of hydrogen-bond donors (Lipinski definition) is 2. The van der Waals surface area contributed by atoms with Crippen LogP contribution in [-0.4, -0.2) is 49.7 Å². The Morgan fingerprint density at radius 1 is 1.53 bits per heavy atom. The molecule has 0 amide bonds. The number of hydrogen-bond acceptors (Lipinski definition) is 4. The van der Waals surface area contributed by atoms with Crippen molar-refractivity contribution in [1.29, 1.82) is 0 Å². The van der Waals surface area contributed by atoms with Crippen LogP contribution in [0.15, 0.2) is 0 Å². The average Bonchev–Trinajstić information content (AvgIpc) is 2.68. The second-order valence-electron chi connectivity index (χ2n) is 4.35. The highest BCUT2D eigenvalue weighted by Gasteiger charge is 2.16. The molecule has 1 saturated heterocycles. The topological polar surface area (TPSA) is 50.7 Å². The summed E-state index contributed by atoms with van der Waals surface area (Å²) in [5.74, 6) is 0. The zero-order chi connectivity index (χ0) is 11.1. The van der Waals surface area contributed by atoms with Gasteiger partial charge in [0.15, 0.2) is 0 Å². The number of ether oxygens (including phenoxy) is 2. The van der Waals surface area contributed by atoms with Crippen LogP contribution in [0.4, 0.5) is 0 Å². The smallest absolute Gasteiger partial charge is 0.0830 e. The Balaban J connectivity index is 2.05. The van der Waals surface area contributed by atoms with Crippen LogP contribution in [-0.2, 0) is 9.47 Å². The lowest BCUT2D eigenvalue weighted by molar-refractivity contribution is 0.0342. The molecule has 0 bridgehead atoms. The normalized spacial score (nSPS) is 23.6. The maximum atomic E-state index is 9.12. The van der Waals surface area contributed by atoms with Crippen LogP contribution >= 0.6 is 0 Å². The van der Waals surface area contributed by atoms with E-state index in [0.717, 1.165) is 26.1 Å². The average molecular weight is 217 g/mol. The fourth-order valence-electron chi connectivity index (χ4n) is 1.72. The first-order valence-electron chi connectivity index (χ1n) is 5.78. The van der Waals surface area contributed by atoms with Gasteiger partial charge in [0.1, 0.15) is 0 Å². The van der Waals surface area contributed by atoms with Gasteiger partial charge in [0.2, 0.25) is 0 Å². The first kappa shape index (κ1) is 12.9. The van der Waals surface area contributed by atoms with Crippen molar-refractivity contribution in [2.45, 2.75) is 44.9 Å². The van der Waals surface area contributed by atoms with Crippen LogP contribution in [0.3, 0.4) is 0 Å². The van der Waals surface area contributed by atoms with Crippen LogP contribution in [0.5, 0.6) is 0 Å². The van der Waals surface area contributed by atoms with Gasteiger partial charge in [-0.25, -0.2) is 0 Å². The maximum Gasteiger partial charge on any atom is 0.0830 e. The molecule has 4 nitrogen and oxygen atoms in total. The fourth-order valence-corrected chi connectivity index (χ4v) is 1.72. The largest absolute Gasteiger partial charge is 0.395 e. The van der Waals surface area contributed by atoms with E-state index in [0.29, 0.717) is 12.6 Å². The number of aliphatic hydroxyl groups excluding tert-OH is 1. The van der Waals surface area contributed by atoms with E-state index >= 15 is 0 Å². The Kier molecular flexibility index (Phi) is 6.17. The van der Waals surface area contributed by atoms with Crippen molar-refractivity contribution >= 4 is 0 Å². The quantitative estimate of drug-likeness (QED) is 0.653. The minimum absolute atomic E-state index is 0.146. The summed E-state index contributed by atoms with van der Waals surface area (Å²) >= 11 is 0. The Hall–Kier alpha value is -0.160. The van der Waals surface area contributed by atoms with Gasteiger partial charge in [-0.2, -0.15) is 0 Å². The van der Waals surface area contributed by atoms with Gasteiger partial charge in [-0.05, 0) is 12.8 Å². The molecule has 2 atom stereocenters. The van der Waals surface area contributed by atoms with E-state index in [2.05, 4.69) is 19.2 Å². The molecule has 0 aromatic heterocycles. The zero-order valence-electron chi connectivity index (χ0n) is 9.74. The summed E-state index contributed by atoms with van der Waals surface area (Å²) in [4.78, 5) is 0. The molecule has 1 aliphatic rings. The Morgan fingerprint density at radius 3 is 2.87 bits per heavy atom. The van der Waals surface area contributed by atoms with E-state index in [4.69, 9.17) is 14.6 Å². The van der Waals surface area contributed by atoms with Gasteiger partial charge in [0.05, 0.1) is 19.3 Å². The molecule has 1 heterocycles. The summed E-state index contributed by atoms with van der Waals surface area (Å²) < 4.78 is 10.9. The lowest BCUT2D eigenvalue weighted by Gasteiger charge is -2.19. The second kappa shape index (κ2) is 7.17. The summed E-state index contributed by atoms with van der Waals surface area (Å²) in [6.45, 7) is 6.56. The van der Waals surface area contributed by atoms with E-state index in [1.54, 1.807) is 0 Å². The summed E-state index contributed by atoms with van der Waals surface area (Å²) in [7, 11) is 0. The molecule has 0 spiro atoms. The summed E-state index contributed by atoms with van der Waals surface area (Å²) in [6, 6.07) is 0.546. The van der Waals surface area contributed by atoms with Crippen LogP contribution in [0.2, 0.25) is 0 Å². The van der Waals surface area contributed by atoms with Gasteiger partial charge in [-0.15, -0.1) is 0 Å². The highest BCUT2D eigenvalue weighted by atomic mass is 16.5. The predicted octanol–water partition coefficient (Wildman–Crippen LogP) is 0.541. The minimum Gasteiger partial charge on any atom is -0.395 e. The molecular weight excluding hydrogens is 194 g/mol. The predicted molar refractivity (Wildman–Crippen MR) is 58.9 cm³/mol. The SMILES string of the molecule is CC(C)NC(CO)CCOC1CCOC1. The van der Waals surface area contributed by atoms with Crippen LogP contribution in [0.1, 0.15) is 26.7 Å². The molecule has 1 fully saturated rings. The maximum absolute atomic E-state index is 9.12. The number of nitrogens with one attached hydrogen (secondary N) is 1. The van der Waals surface area contributed by atoms with E-state index in [1.807, 2.05) is 0 Å². The van der Waals surface area contributed by atoms with Crippen LogP contribution < -0.4 is 5.32 Å². The van der Waals surface area contributed by atoms with Gasteiger partial charge in [0.25, 0.3) is 0 Å². The third kappa shape index (κ3) is 5.47. The van der Waals surface area contributed by atoms with Crippen molar-refractivity contribution in [2.24, 2.45) is 0 Å².